The molecule has 0 heterocycles. The molecule has 1 aliphatic carbocycles. The van der Waals surface area contributed by atoms with E-state index in [1.807, 2.05) is 0 Å². The minimum atomic E-state index is -0.541. The number of hydrogen-bond acceptors (Lipinski definition) is 2. The van der Waals surface area contributed by atoms with Gasteiger partial charge in [-0.2, -0.15) is 0 Å². The van der Waals surface area contributed by atoms with Crippen LogP contribution in [0.4, 0.5) is 0 Å². The highest BCUT2D eigenvalue weighted by Gasteiger charge is 2.20. The van der Waals surface area contributed by atoms with Gasteiger partial charge in [-0.25, -0.2) is 0 Å². The summed E-state index contributed by atoms with van der Waals surface area (Å²) < 4.78 is 11.8. The lowest BCUT2D eigenvalue weighted by molar-refractivity contribution is 0.645. The Bertz CT molecular complexity index is 167. The molecule has 14 heavy (non-hydrogen) atoms. The zero-order valence-corrected chi connectivity index (χ0v) is 10.1. The molecule has 0 amide bonds. The first kappa shape index (κ1) is 12.2. The van der Waals surface area contributed by atoms with Crippen molar-refractivity contribution in [2.75, 3.05) is 18.8 Å². The van der Waals surface area contributed by atoms with Gasteiger partial charge in [0.15, 0.2) is 0 Å². The molecule has 0 bridgehead atoms. The third-order valence-corrected chi connectivity index (χ3v) is 4.71. The monoisotopic (exact) mass is 217 g/mol. The fourth-order valence-corrected chi connectivity index (χ4v) is 3.58. The van der Waals surface area contributed by atoms with E-state index in [0.717, 1.165) is 25.3 Å². The summed E-state index contributed by atoms with van der Waals surface area (Å²) in [5.41, 5.74) is 0. The zero-order chi connectivity index (χ0) is 10.2. The van der Waals surface area contributed by atoms with Crippen molar-refractivity contribution in [1.29, 1.82) is 0 Å². The Morgan fingerprint density at radius 1 is 1.29 bits per heavy atom. The Labute approximate surface area is 90.3 Å². The molecule has 0 aromatic carbocycles. The van der Waals surface area contributed by atoms with Gasteiger partial charge in [-0.05, 0) is 38.8 Å². The summed E-state index contributed by atoms with van der Waals surface area (Å²) in [5.74, 6) is 0.904. The van der Waals surface area contributed by atoms with Gasteiger partial charge in [-0.1, -0.05) is 19.8 Å². The summed E-state index contributed by atoms with van der Waals surface area (Å²) in [6.45, 7) is 4.30. The molecule has 1 aliphatic rings. The van der Waals surface area contributed by atoms with Crippen molar-refractivity contribution in [3.8, 4) is 0 Å². The van der Waals surface area contributed by atoms with E-state index in [9.17, 15) is 4.21 Å². The van der Waals surface area contributed by atoms with Crippen molar-refractivity contribution in [3.05, 3.63) is 0 Å². The maximum Gasteiger partial charge on any atom is 0.0348 e. The minimum absolute atomic E-state index is 0.529. The first-order valence-electron chi connectivity index (χ1n) is 5.92. The highest BCUT2D eigenvalue weighted by Crippen LogP contribution is 2.23. The Morgan fingerprint density at radius 3 is 2.64 bits per heavy atom. The Balaban J connectivity index is 1.97. The van der Waals surface area contributed by atoms with Gasteiger partial charge >= 0.3 is 0 Å². The predicted molar refractivity (Wildman–Crippen MR) is 63.0 cm³/mol. The normalized spacial score (nSPS) is 20.1. The van der Waals surface area contributed by atoms with Crippen LogP contribution >= 0.6 is 0 Å². The molecule has 0 spiro atoms. The van der Waals surface area contributed by atoms with E-state index >= 15 is 0 Å². The lowest BCUT2D eigenvalue weighted by Crippen LogP contribution is -2.20. The average molecular weight is 217 g/mol. The molecule has 0 aromatic heterocycles. The molecule has 2 nitrogen and oxygen atoms in total. The molecule has 1 rings (SSSR count). The van der Waals surface area contributed by atoms with Gasteiger partial charge in [-0.3, -0.25) is 4.21 Å². The molecule has 1 unspecified atom stereocenters. The molecule has 0 radical (unpaired) electrons. The Hall–Kier alpha value is 0.110. The first-order valence-corrected chi connectivity index (χ1v) is 7.30. The summed E-state index contributed by atoms with van der Waals surface area (Å²) in [4.78, 5) is 0. The molecule has 0 aliphatic heterocycles. The second-order valence-electron chi connectivity index (χ2n) is 4.09. The second-order valence-corrected chi connectivity index (χ2v) is 5.93. The summed E-state index contributed by atoms with van der Waals surface area (Å²) in [6, 6.07) is 0. The molecule has 84 valence electrons. The number of rotatable bonds is 7. The van der Waals surface area contributed by atoms with E-state index in [0.29, 0.717) is 5.25 Å². The second kappa shape index (κ2) is 7.41. The maximum atomic E-state index is 11.8. The van der Waals surface area contributed by atoms with Crippen LogP contribution in [0.3, 0.4) is 0 Å². The largest absolute Gasteiger partial charge is 0.317 e. The molecule has 3 heteroatoms. The van der Waals surface area contributed by atoms with Crippen molar-refractivity contribution in [1.82, 2.24) is 5.32 Å². The topological polar surface area (TPSA) is 29.1 Å². The number of nitrogens with one attached hydrogen (secondary N) is 1. The van der Waals surface area contributed by atoms with Crippen LogP contribution in [0.2, 0.25) is 0 Å². The SMILES string of the molecule is CCCNCCCS(=O)C1CCCC1. The highest BCUT2D eigenvalue weighted by molar-refractivity contribution is 7.85. The molecule has 1 atom stereocenters. The molecule has 0 aromatic rings. The minimum Gasteiger partial charge on any atom is -0.317 e. The lowest BCUT2D eigenvalue weighted by atomic mass is 10.4. The summed E-state index contributed by atoms with van der Waals surface area (Å²) in [6.07, 6.45) is 7.26. The van der Waals surface area contributed by atoms with Crippen LogP contribution in [-0.2, 0) is 10.8 Å². The summed E-state index contributed by atoms with van der Waals surface area (Å²) in [5, 5.41) is 3.88. The molecule has 1 fully saturated rings. The van der Waals surface area contributed by atoms with Gasteiger partial charge < -0.3 is 5.32 Å². The van der Waals surface area contributed by atoms with E-state index in [1.54, 1.807) is 0 Å². The van der Waals surface area contributed by atoms with E-state index in [2.05, 4.69) is 12.2 Å². The fraction of sp³-hybridized carbons (Fsp3) is 1.00. The van der Waals surface area contributed by atoms with Gasteiger partial charge in [0, 0.05) is 21.8 Å². The fourth-order valence-electron chi connectivity index (χ4n) is 1.96. The van der Waals surface area contributed by atoms with Crippen LogP contribution in [0.5, 0.6) is 0 Å². The highest BCUT2D eigenvalue weighted by atomic mass is 32.2. The van der Waals surface area contributed by atoms with E-state index in [1.165, 1.54) is 32.1 Å². The Morgan fingerprint density at radius 2 is 2.00 bits per heavy atom. The van der Waals surface area contributed by atoms with E-state index in [4.69, 9.17) is 0 Å². The van der Waals surface area contributed by atoms with E-state index in [-0.39, 0.29) is 0 Å². The quantitative estimate of drug-likeness (QED) is 0.661. The van der Waals surface area contributed by atoms with Crippen LogP contribution in [0, 0.1) is 0 Å². The van der Waals surface area contributed by atoms with E-state index < -0.39 is 10.8 Å². The predicted octanol–water partition coefficient (Wildman–Crippen LogP) is 2.07. The molecule has 1 saturated carbocycles. The van der Waals surface area contributed by atoms with Crippen LogP contribution in [0.15, 0.2) is 0 Å². The zero-order valence-electron chi connectivity index (χ0n) is 9.26. The standard InChI is InChI=1S/C11H23NOS/c1-2-8-12-9-5-10-14(13)11-6-3-4-7-11/h11-12H,2-10H2,1H3. The lowest BCUT2D eigenvalue weighted by Gasteiger charge is -2.08. The molecule has 0 saturated heterocycles. The maximum absolute atomic E-state index is 11.8. The third-order valence-electron chi connectivity index (χ3n) is 2.80. The van der Waals surface area contributed by atoms with Crippen LogP contribution in [0.25, 0.3) is 0 Å². The van der Waals surface area contributed by atoms with Gasteiger partial charge in [0.2, 0.25) is 0 Å². The average Bonchev–Trinajstić information content (AvgIpc) is 2.70. The third kappa shape index (κ3) is 4.56. The van der Waals surface area contributed by atoms with Crippen molar-refractivity contribution in [2.45, 2.75) is 50.7 Å². The molecule has 1 N–H and O–H groups in total. The van der Waals surface area contributed by atoms with Crippen molar-refractivity contribution in [3.63, 3.8) is 0 Å². The van der Waals surface area contributed by atoms with Gasteiger partial charge in [0.25, 0.3) is 0 Å². The summed E-state index contributed by atoms with van der Waals surface area (Å²) in [7, 11) is -0.541. The van der Waals surface area contributed by atoms with Gasteiger partial charge in [-0.15, -0.1) is 0 Å². The Kier molecular flexibility index (Phi) is 6.45. The van der Waals surface area contributed by atoms with Crippen molar-refractivity contribution < 1.29 is 4.21 Å². The summed E-state index contributed by atoms with van der Waals surface area (Å²) >= 11 is 0. The van der Waals surface area contributed by atoms with Crippen LogP contribution in [-0.4, -0.2) is 28.3 Å². The van der Waals surface area contributed by atoms with Crippen LogP contribution in [0.1, 0.15) is 45.4 Å². The van der Waals surface area contributed by atoms with Crippen molar-refractivity contribution in [2.24, 2.45) is 0 Å². The first-order chi connectivity index (χ1) is 6.84. The van der Waals surface area contributed by atoms with Crippen molar-refractivity contribution >= 4 is 10.8 Å². The van der Waals surface area contributed by atoms with Gasteiger partial charge in [0.05, 0.1) is 0 Å². The van der Waals surface area contributed by atoms with Crippen LogP contribution < -0.4 is 5.32 Å². The smallest absolute Gasteiger partial charge is 0.0348 e. The molecular weight excluding hydrogens is 194 g/mol. The number of hydrogen-bond donors (Lipinski definition) is 1. The molecular formula is C11H23NOS. The van der Waals surface area contributed by atoms with Gasteiger partial charge in [0.1, 0.15) is 0 Å².